The van der Waals surface area contributed by atoms with Crippen LogP contribution in [0.5, 0.6) is 23.0 Å². The number of aromatic hydroxyl groups is 2. The number of phenols is 2. The van der Waals surface area contributed by atoms with Crippen LogP contribution in [-0.4, -0.2) is 34.5 Å². The van der Waals surface area contributed by atoms with Crippen LogP contribution >= 0.6 is 0 Å². The van der Waals surface area contributed by atoms with Crippen LogP contribution in [0, 0.1) is 0 Å². The molecule has 0 radical (unpaired) electrons. The molecule has 0 amide bonds. The monoisotopic (exact) mass is 410 g/mol. The number of hydrogen-bond donors (Lipinski definition) is 2. The van der Waals surface area contributed by atoms with Crippen LogP contribution in [0.1, 0.15) is 38.3 Å². The number of allylic oxidation sites excluding steroid dienone is 2. The van der Waals surface area contributed by atoms with E-state index in [0.717, 1.165) is 0 Å². The van der Waals surface area contributed by atoms with Gasteiger partial charge in [-0.2, -0.15) is 0 Å². The molecule has 30 heavy (non-hydrogen) atoms. The molecule has 0 atom stereocenters. The second-order valence-electron chi connectivity index (χ2n) is 7.65. The number of phenolic OH excluding ortho intramolecular Hbond substituents is 2. The van der Waals surface area contributed by atoms with Crippen LogP contribution in [0.25, 0.3) is 12.2 Å². The first-order chi connectivity index (χ1) is 14.1. The normalized spacial score (nSPS) is 11.7. The summed E-state index contributed by atoms with van der Waals surface area (Å²) in [6.07, 6.45) is 5.48. The fraction of sp³-hybridized carbons (Fsp3) is 0.250. The third-order valence-corrected chi connectivity index (χ3v) is 3.88. The van der Waals surface area contributed by atoms with E-state index in [1.807, 2.05) is 20.8 Å². The second kappa shape index (κ2) is 9.78. The molecule has 0 aliphatic carbocycles. The third-order valence-electron chi connectivity index (χ3n) is 3.88. The summed E-state index contributed by atoms with van der Waals surface area (Å²) in [5.41, 5.74) is 0.853. The van der Waals surface area contributed by atoms with Gasteiger partial charge in [0.1, 0.15) is 5.60 Å². The van der Waals surface area contributed by atoms with Gasteiger partial charge in [-0.05, 0) is 68.3 Å². The first-order valence-corrected chi connectivity index (χ1v) is 9.38. The van der Waals surface area contributed by atoms with Crippen molar-refractivity contribution in [2.75, 3.05) is 7.11 Å². The van der Waals surface area contributed by atoms with E-state index in [4.69, 9.17) is 9.47 Å². The largest absolute Gasteiger partial charge is 0.504 e. The lowest BCUT2D eigenvalue weighted by molar-refractivity contribution is -0.121. The minimum absolute atomic E-state index is 0.00609. The highest BCUT2D eigenvalue weighted by atomic mass is 16.5. The maximum absolute atomic E-state index is 12.1. The van der Waals surface area contributed by atoms with E-state index in [9.17, 15) is 19.8 Å². The van der Waals surface area contributed by atoms with Crippen LogP contribution in [0.15, 0.2) is 48.6 Å². The minimum atomic E-state index is -0.476. The Balaban J connectivity index is 1.99. The summed E-state index contributed by atoms with van der Waals surface area (Å²) in [7, 11) is 1.44. The second-order valence-corrected chi connectivity index (χ2v) is 7.65. The molecule has 0 fully saturated rings. The Labute approximate surface area is 176 Å². The van der Waals surface area contributed by atoms with Crippen LogP contribution in [-0.2, 0) is 9.59 Å². The highest BCUT2D eigenvalue weighted by Gasteiger charge is 2.14. The van der Waals surface area contributed by atoms with E-state index < -0.39 is 5.60 Å². The predicted octanol–water partition coefficient (Wildman–Crippen LogP) is 4.54. The zero-order valence-electron chi connectivity index (χ0n) is 17.5. The zero-order chi connectivity index (χ0) is 22.3. The predicted molar refractivity (Wildman–Crippen MR) is 116 cm³/mol. The smallest absolute Gasteiger partial charge is 0.163 e. The Hall–Kier alpha value is -3.54. The Morgan fingerprint density at radius 2 is 1.33 bits per heavy atom. The summed E-state index contributed by atoms with van der Waals surface area (Å²) in [5, 5.41) is 19.5. The van der Waals surface area contributed by atoms with Crippen molar-refractivity contribution < 1.29 is 29.3 Å². The van der Waals surface area contributed by atoms with Gasteiger partial charge in [-0.25, -0.2) is 0 Å². The lowest BCUT2D eigenvalue weighted by Crippen LogP contribution is -2.23. The molecule has 2 aromatic carbocycles. The number of rotatable bonds is 8. The Morgan fingerprint density at radius 1 is 0.867 bits per heavy atom. The van der Waals surface area contributed by atoms with Crippen LogP contribution < -0.4 is 9.47 Å². The van der Waals surface area contributed by atoms with E-state index in [1.54, 1.807) is 36.4 Å². The summed E-state index contributed by atoms with van der Waals surface area (Å²) in [5.74, 6) is -0.0580. The van der Waals surface area contributed by atoms with Crippen molar-refractivity contribution in [2.24, 2.45) is 0 Å². The van der Waals surface area contributed by atoms with Crippen LogP contribution in [0.2, 0.25) is 0 Å². The maximum atomic E-state index is 12.1. The van der Waals surface area contributed by atoms with Crippen LogP contribution in [0.3, 0.4) is 0 Å². The molecule has 0 aliphatic heterocycles. The average Bonchev–Trinajstić information content (AvgIpc) is 2.67. The van der Waals surface area contributed by atoms with Crippen LogP contribution in [0.4, 0.5) is 0 Å². The number of ketones is 2. The van der Waals surface area contributed by atoms with Crippen molar-refractivity contribution in [2.45, 2.75) is 32.8 Å². The average molecular weight is 410 g/mol. The van der Waals surface area contributed by atoms with Gasteiger partial charge in [0.15, 0.2) is 34.6 Å². The first-order valence-electron chi connectivity index (χ1n) is 9.38. The zero-order valence-corrected chi connectivity index (χ0v) is 17.5. The molecule has 0 aliphatic rings. The van der Waals surface area contributed by atoms with Gasteiger partial charge < -0.3 is 19.7 Å². The Morgan fingerprint density at radius 3 is 1.80 bits per heavy atom. The van der Waals surface area contributed by atoms with E-state index in [2.05, 4.69) is 0 Å². The molecule has 158 valence electrons. The fourth-order valence-corrected chi connectivity index (χ4v) is 2.51. The molecule has 2 aromatic rings. The molecule has 6 nitrogen and oxygen atoms in total. The summed E-state index contributed by atoms with van der Waals surface area (Å²) in [6.45, 7) is 5.60. The number of hydrogen-bond acceptors (Lipinski definition) is 6. The number of methoxy groups -OCH3 is 1. The number of carbonyl (C=O) groups is 2. The number of benzene rings is 2. The number of carbonyl (C=O) groups excluding carboxylic acids is 2. The fourth-order valence-electron chi connectivity index (χ4n) is 2.51. The molecule has 0 saturated carbocycles. The Bertz CT molecular complexity index is 980. The van der Waals surface area contributed by atoms with Gasteiger partial charge in [-0.1, -0.05) is 24.3 Å². The lowest BCUT2D eigenvalue weighted by atomic mass is 10.1. The topological polar surface area (TPSA) is 93.1 Å². The molecule has 0 aromatic heterocycles. The quantitative estimate of drug-likeness (QED) is 0.490. The molecular formula is C24H26O6. The third kappa shape index (κ3) is 7.13. The van der Waals surface area contributed by atoms with Gasteiger partial charge in [0.2, 0.25) is 0 Å². The molecular weight excluding hydrogens is 384 g/mol. The van der Waals surface area contributed by atoms with E-state index in [0.29, 0.717) is 22.6 Å². The van der Waals surface area contributed by atoms with E-state index in [-0.39, 0.29) is 29.5 Å². The van der Waals surface area contributed by atoms with Gasteiger partial charge in [-0.3, -0.25) is 9.59 Å². The molecule has 2 N–H and O–H groups in total. The van der Waals surface area contributed by atoms with Gasteiger partial charge in [0.25, 0.3) is 0 Å². The molecule has 6 heteroatoms. The standard InChI is InChI=1S/C24H26O6/c1-24(2,3)30-23-14-17(8-12-21(23)28)6-10-19(26)15-18(25)9-5-16-7-11-20(27)22(13-16)29-4/h5-14,27-28H,15H2,1-4H3/b9-5+,10-6+. The minimum Gasteiger partial charge on any atom is -0.504 e. The number of ether oxygens (including phenoxy) is 2. The summed E-state index contributed by atoms with van der Waals surface area (Å²) < 4.78 is 10.7. The van der Waals surface area contributed by atoms with Gasteiger partial charge in [-0.15, -0.1) is 0 Å². The Kier molecular flexibility index (Phi) is 7.42. The molecule has 0 bridgehead atoms. The van der Waals surface area contributed by atoms with Crippen molar-refractivity contribution in [1.29, 1.82) is 0 Å². The lowest BCUT2D eigenvalue weighted by Gasteiger charge is -2.22. The molecule has 0 spiro atoms. The maximum Gasteiger partial charge on any atom is 0.163 e. The summed E-state index contributed by atoms with van der Waals surface area (Å²) in [6, 6.07) is 9.45. The highest BCUT2D eigenvalue weighted by Crippen LogP contribution is 2.30. The van der Waals surface area contributed by atoms with E-state index >= 15 is 0 Å². The molecule has 2 rings (SSSR count). The van der Waals surface area contributed by atoms with Gasteiger partial charge in [0.05, 0.1) is 13.5 Å². The van der Waals surface area contributed by atoms with Crippen molar-refractivity contribution in [3.63, 3.8) is 0 Å². The van der Waals surface area contributed by atoms with E-state index in [1.165, 1.54) is 31.4 Å². The first kappa shape index (κ1) is 22.7. The van der Waals surface area contributed by atoms with Gasteiger partial charge >= 0.3 is 0 Å². The van der Waals surface area contributed by atoms with Crippen molar-refractivity contribution in [1.82, 2.24) is 0 Å². The summed E-state index contributed by atoms with van der Waals surface area (Å²) in [4.78, 5) is 24.1. The molecule has 0 unspecified atom stereocenters. The SMILES string of the molecule is COc1cc(/C=C/C(=O)CC(=O)/C=C/c2ccc(O)c(OC(C)(C)C)c2)ccc1O. The summed E-state index contributed by atoms with van der Waals surface area (Å²) >= 11 is 0. The highest BCUT2D eigenvalue weighted by molar-refractivity contribution is 6.10. The molecule has 0 heterocycles. The van der Waals surface area contributed by atoms with Gasteiger partial charge in [0, 0.05) is 0 Å². The van der Waals surface area contributed by atoms with Crippen molar-refractivity contribution in [3.8, 4) is 23.0 Å². The van der Waals surface area contributed by atoms with Crippen molar-refractivity contribution >= 4 is 23.7 Å². The van der Waals surface area contributed by atoms with Crippen molar-refractivity contribution in [3.05, 3.63) is 59.7 Å². The molecule has 0 saturated heterocycles.